The summed E-state index contributed by atoms with van der Waals surface area (Å²) >= 11 is 0. The zero-order valence-electron chi connectivity index (χ0n) is 21.9. The molecule has 0 aromatic carbocycles. The number of carbonyl (C=O) groups is 1. The maximum absolute atomic E-state index is 14.0. The molecule has 1 aliphatic rings. The molecular weight excluding hydrogens is 517 g/mol. The smallest absolute Gasteiger partial charge is 0.259 e. The van der Waals surface area contributed by atoms with Gasteiger partial charge < -0.3 is 20.0 Å². The van der Waals surface area contributed by atoms with E-state index in [0.717, 1.165) is 18.7 Å². The molecule has 0 bridgehead atoms. The number of carbonyl (C=O) groups excluding carboxylic acids is 1. The Hall–Kier alpha value is -2.76. The number of H-pyrrole nitrogens is 1. The zero-order chi connectivity index (χ0) is 25.0. The largest absolute Gasteiger partial charge is 0.467 e. The van der Waals surface area contributed by atoms with Crippen molar-refractivity contribution in [1.29, 1.82) is 0 Å². The second-order valence-electron chi connectivity index (χ2n) is 10.5. The van der Waals surface area contributed by atoms with E-state index in [9.17, 15) is 4.79 Å². The van der Waals surface area contributed by atoms with Crippen molar-refractivity contribution < 1.29 is 9.21 Å². The monoisotopic (exact) mass is 553 g/mol. The molecule has 0 aliphatic carbocycles. The minimum Gasteiger partial charge on any atom is -0.467 e. The standard InChI is InChI=1S/C24H35N9O2.2ClH/c1-15(2)14-33(17-9-16(10-25-11-17)20-29-31-32-30-20)22(34)19-13-27-23(24(3,4)5)28-21(19)26-12-18-7-6-8-35-18;;/h6-8,13,15-17,25H,9-12,14H2,1-5H3,(H,26,27,28)(H,29,30,31,32);2*1H/t16-,17+;;/m1../s1. The van der Waals surface area contributed by atoms with E-state index in [0.29, 0.717) is 48.6 Å². The van der Waals surface area contributed by atoms with Gasteiger partial charge in [-0.15, -0.1) is 35.0 Å². The van der Waals surface area contributed by atoms with Crippen molar-refractivity contribution in [3.63, 3.8) is 0 Å². The molecule has 0 unspecified atom stereocenters. The number of anilines is 1. The van der Waals surface area contributed by atoms with Crippen molar-refractivity contribution in [3.8, 4) is 0 Å². The summed E-state index contributed by atoms with van der Waals surface area (Å²) < 4.78 is 5.47. The minimum atomic E-state index is -0.259. The van der Waals surface area contributed by atoms with Crippen LogP contribution in [0.4, 0.5) is 5.82 Å². The molecule has 0 saturated carbocycles. The van der Waals surface area contributed by atoms with Gasteiger partial charge in [-0.3, -0.25) is 4.79 Å². The first-order valence-electron chi connectivity index (χ1n) is 12.1. The molecule has 1 aliphatic heterocycles. The van der Waals surface area contributed by atoms with Gasteiger partial charge in [-0.05, 0) is 24.5 Å². The van der Waals surface area contributed by atoms with Crippen molar-refractivity contribution >= 4 is 36.5 Å². The van der Waals surface area contributed by atoms with Crippen LogP contribution in [-0.4, -0.2) is 67.1 Å². The number of nitrogens with one attached hydrogen (secondary N) is 3. The van der Waals surface area contributed by atoms with Crippen LogP contribution in [0.25, 0.3) is 0 Å². The molecule has 4 heterocycles. The number of furan rings is 1. The van der Waals surface area contributed by atoms with Gasteiger partial charge in [-0.25, -0.2) is 9.97 Å². The number of piperidine rings is 1. The lowest BCUT2D eigenvalue weighted by Gasteiger charge is -2.38. The molecule has 3 N–H and O–H groups in total. The van der Waals surface area contributed by atoms with E-state index in [2.05, 4.69) is 70.9 Å². The summed E-state index contributed by atoms with van der Waals surface area (Å²) in [5, 5.41) is 21.3. The van der Waals surface area contributed by atoms with Crippen molar-refractivity contribution in [1.82, 2.24) is 40.8 Å². The average molecular weight is 555 g/mol. The van der Waals surface area contributed by atoms with Crippen LogP contribution in [0, 0.1) is 5.92 Å². The first kappa shape index (κ1) is 30.5. The Labute approximate surface area is 229 Å². The van der Waals surface area contributed by atoms with E-state index in [4.69, 9.17) is 9.40 Å². The highest BCUT2D eigenvalue weighted by atomic mass is 35.5. The Bertz CT molecular complexity index is 1100. The third kappa shape index (κ3) is 7.62. The third-order valence-electron chi connectivity index (χ3n) is 6.02. The van der Waals surface area contributed by atoms with Crippen molar-refractivity contribution in [2.75, 3.05) is 25.0 Å². The minimum absolute atomic E-state index is 0. The number of aromatic nitrogens is 6. The molecule has 11 nitrogen and oxygen atoms in total. The fraction of sp³-hybridized carbons (Fsp3) is 0.583. The van der Waals surface area contributed by atoms with Crippen LogP contribution in [0.3, 0.4) is 0 Å². The molecule has 4 rings (SSSR count). The van der Waals surface area contributed by atoms with Gasteiger partial charge in [0, 0.05) is 43.2 Å². The van der Waals surface area contributed by atoms with Gasteiger partial charge in [-0.2, -0.15) is 5.21 Å². The van der Waals surface area contributed by atoms with E-state index in [1.54, 1.807) is 12.5 Å². The Balaban J connectivity index is 0.00000241. The predicted octanol–water partition coefficient (Wildman–Crippen LogP) is 3.58. The van der Waals surface area contributed by atoms with E-state index in [-0.39, 0.29) is 48.1 Å². The van der Waals surface area contributed by atoms with Gasteiger partial charge in [0.1, 0.15) is 23.0 Å². The Morgan fingerprint density at radius 3 is 2.68 bits per heavy atom. The Morgan fingerprint density at radius 1 is 1.27 bits per heavy atom. The predicted molar refractivity (Wildman–Crippen MR) is 145 cm³/mol. The second kappa shape index (κ2) is 13.2. The summed E-state index contributed by atoms with van der Waals surface area (Å²) in [6, 6.07) is 3.70. The molecular formula is C24H37Cl2N9O2. The normalized spacial score (nSPS) is 17.6. The molecule has 1 saturated heterocycles. The van der Waals surface area contributed by atoms with E-state index in [1.807, 2.05) is 17.0 Å². The molecule has 2 atom stereocenters. The number of hydrogen-bond donors (Lipinski definition) is 3. The fourth-order valence-corrected chi connectivity index (χ4v) is 4.26. The number of hydrogen-bond acceptors (Lipinski definition) is 9. The lowest BCUT2D eigenvalue weighted by Crippen LogP contribution is -2.52. The maximum Gasteiger partial charge on any atom is 0.259 e. The number of rotatable bonds is 8. The molecule has 3 aromatic rings. The highest BCUT2D eigenvalue weighted by molar-refractivity contribution is 5.98. The maximum atomic E-state index is 14.0. The number of tetrazole rings is 1. The number of nitrogens with zero attached hydrogens (tertiary/aromatic N) is 6. The summed E-state index contributed by atoms with van der Waals surface area (Å²) in [7, 11) is 0. The first-order valence-corrected chi connectivity index (χ1v) is 12.1. The van der Waals surface area contributed by atoms with Crippen LogP contribution in [-0.2, 0) is 12.0 Å². The molecule has 1 amide bonds. The first-order chi connectivity index (χ1) is 16.7. The summed E-state index contributed by atoms with van der Waals surface area (Å²) in [4.78, 5) is 25.3. The summed E-state index contributed by atoms with van der Waals surface area (Å²) in [6.45, 7) is 12.9. The Kier molecular flexibility index (Phi) is 10.8. The number of aromatic amines is 1. The molecule has 3 aromatic heterocycles. The quantitative estimate of drug-likeness (QED) is 0.382. The van der Waals surface area contributed by atoms with Gasteiger partial charge in [0.2, 0.25) is 0 Å². The molecule has 1 fully saturated rings. The van der Waals surface area contributed by atoms with Gasteiger partial charge >= 0.3 is 0 Å². The zero-order valence-corrected chi connectivity index (χ0v) is 23.5. The van der Waals surface area contributed by atoms with E-state index < -0.39 is 0 Å². The molecule has 0 radical (unpaired) electrons. The second-order valence-corrected chi connectivity index (χ2v) is 10.5. The average Bonchev–Trinajstić information content (AvgIpc) is 3.54. The van der Waals surface area contributed by atoms with Crippen LogP contribution < -0.4 is 10.6 Å². The summed E-state index contributed by atoms with van der Waals surface area (Å²) in [5.41, 5.74) is 0.192. The summed E-state index contributed by atoms with van der Waals surface area (Å²) in [5.74, 6) is 2.88. The van der Waals surface area contributed by atoms with Crippen molar-refractivity contribution in [2.24, 2.45) is 5.92 Å². The van der Waals surface area contributed by atoms with Crippen LogP contribution in [0.15, 0.2) is 29.0 Å². The van der Waals surface area contributed by atoms with Crippen LogP contribution in [0.5, 0.6) is 0 Å². The molecule has 0 spiro atoms. The van der Waals surface area contributed by atoms with Crippen LogP contribution in [0.1, 0.15) is 74.7 Å². The fourth-order valence-electron chi connectivity index (χ4n) is 4.26. The Morgan fingerprint density at radius 2 is 2.05 bits per heavy atom. The van der Waals surface area contributed by atoms with E-state index >= 15 is 0 Å². The van der Waals surface area contributed by atoms with Crippen LogP contribution >= 0.6 is 24.8 Å². The van der Waals surface area contributed by atoms with Gasteiger partial charge in [0.15, 0.2) is 5.82 Å². The van der Waals surface area contributed by atoms with Crippen LogP contribution in [0.2, 0.25) is 0 Å². The topological polar surface area (TPSA) is 138 Å². The number of halogens is 2. The van der Waals surface area contributed by atoms with Gasteiger partial charge in [-0.1, -0.05) is 39.8 Å². The van der Waals surface area contributed by atoms with Gasteiger partial charge in [0.05, 0.1) is 12.8 Å². The van der Waals surface area contributed by atoms with Crippen molar-refractivity contribution in [2.45, 2.75) is 65.0 Å². The third-order valence-corrected chi connectivity index (χ3v) is 6.02. The van der Waals surface area contributed by atoms with E-state index in [1.165, 1.54) is 0 Å². The SMILES string of the molecule is CC(C)CN(C(=O)c1cnc(C(C)(C)C)nc1NCc1ccco1)[C@@H]1CNC[C@H](c2nn[nH]n2)C1.Cl.Cl. The van der Waals surface area contributed by atoms with Crippen molar-refractivity contribution in [3.05, 3.63) is 47.6 Å². The molecule has 37 heavy (non-hydrogen) atoms. The molecule has 13 heteroatoms. The highest BCUT2D eigenvalue weighted by Gasteiger charge is 2.34. The molecule has 204 valence electrons. The lowest BCUT2D eigenvalue weighted by atomic mass is 9.93. The number of amides is 1. The lowest BCUT2D eigenvalue weighted by molar-refractivity contribution is 0.0607. The summed E-state index contributed by atoms with van der Waals surface area (Å²) in [6.07, 6.45) is 4.03. The van der Waals surface area contributed by atoms with Gasteiger partial charge in [0.25, 0.3) is 5.91 Å². The highest BCUT2D eigenvalue weighted by Crippen LogP contribution is 2.27.